The van der Waals surface area contributed by atoms with E-state index in [9.17, 15) is 5.11 Å². The highest BCUT2D eigenvalue weighted by Gasteiger charge is 2.13. The molecule has 1 aromatic rings. The molecule has 0 fully saturated rings. The molecule has 2 atom stereocenters. The van der Waals surface area contributed by atoms with Crippen molar-refractivity contribution in [2.24, 2.45) is 0 Å². The maximum atomic E-state index is 9.41. The van der Waals surface area contributed by atoms with Crippen molar-refractivity contribution in [2.45, 2.75) is 32.4 Å². The zero-order valence-corrected chi connectivity index (χ0v) is 9.92. The number of thiophene rings is 1. The minimum atomic E-state index is -0.261. The van der Waals surface area contributed by atoms with Gasteiger partial charge in [0.15, 0.2) is 0 Å². The van der Waals surface area contributed by atoms with Gasteiger partial charge in [0, 0.05) is 17.5 Å². The molecule has 0 aliphatic heterocycles. The first-order valence-corrected chi connectivity index (χ1v) is 5.90. The van der Waals surface area contributed by atoms with E-state index in [1.54, 1.807) is 11.3 Å². The molecule has 0 aromatic carbocycles. The molecule has 0 saturated carbocycles. The van der Waals surface area contributed by atoms with Crippen molar-refractivity contribution in [1.29, 1.82) is 0 Å². The molecule has 0 aliphatic rings. The van der Waals surface area contributed by atoms with Crippen molar-refractivity contribution < 1.29 is 5.11 Å². The normalized spacial score (nSPS) is 15.8. The number of aliphatic hydroxyl groups is 1. The molecule has 0 saturated heterocycles. The Morgan fingerprint density at radius 3 is 2.71 bits per heavy atom. The van der Waals surface area contributed by atoms with Gasteiger partial charge in [0.25, 0.3) is 0 Å². The van der Waals surface area contributed by atoms with Crippen LogP contribution in [0, 0.1) is 0 Å². The summed E-state index contributed by atoms with van der Waals surface area (Å²) in [6, 6.07) is 4.47. The average molecular weight is 213 g/mol. The van der Waals surface area contributed by atoms with Gasteiger partial charge in [-0.05, 0) is 38.8 Å². The largest absolute Gasteiger partial charge is 0.392 e. The summed E-state index contributed by atoms with van der Waals surface area (Å²) >= 11 is 1.80. The Labute approximate surface area is 90.2 Å². The van der Waals surface area contributed by atoms with Gasteiger partial charge in [0.05, 0.1) is 6.10 Å². The van der Waals surface area contributed by atoms with Gasteiger partial charge in [-0.2, -0.15) is 0 Å². The molecular weight excluding hydrogens is 194 g/mol. The second-order valence-corrected chi connectivity index (χ2v) is 4.82. The molecule has 1 heterocycles. The van der Waals surface area contributed by atoms with E-state index in [2.05, 4.69) is 36.4 Å². The highest BCUT2D eigenvalue weighted by atomic mass is 32.1. The Hall–Kier alpha value is -0.380. The Balaban J connectivity index is 2.31. The van der Waals surface area contributed by atoms with Gasteiger partial charge in [-0.1, -0.05) is 6.07 Å². The minimum absolute atomic E-state index is 0.231. The lowest BCUT2D eigenvalue weighted by Crippen LogP contribution is -2.38. The van der Waals surface area contributed by atoms with Crippen molar-refractivity contribution in [3.8, 4) is 0 Å². The summed E-state index contributed by atoms with van der Waals surface area (Å²) in [5.74, 6) is 0. The Kier molecular flexibility index (Phi) is 4.58. The molecule has 0 radical (unpaired) electrons. The lowest BCUT2D eigenvalue weighted by molar-refractivity contribution is 0.0875. The van der Waals surface area contributed by atoms with Crippen LogP contribution in [0.1, 0.15) is 18.7 Å². The molecule has 3 heteroatoms. The fraction of sp³-hybridized carbons (Fsp3) is 0.636. The van der Waals surface area contributed by atoms with Gasteiger partial charge in [-0.3, -0.25) is 0 Å². The van der Waals surface area contributed by atoms with Crippen molar-refractivity contribution in [3.63, 3.8) is 0 Å². The average Bonchev–Trinajstić information content (AvgIpc) is 2.65. The first-order valence-electron chi connectivity index (χ1n) is 5.02. The van der Waals surface area contributed by atoms with Crippen molar-refractivity contribution in [2.75, 3.05) is 13.6 Å². The van der Waals surface area contributed by atoms with Crippen molar-refractivity contribution in [1.82, 2.24) is 4.90 Å². The van der Waals surface area contributed by atoms with Crippen LogP contribution in [-0.2, 0) is 6.42 Å². The van der Waals surface area contributed by atoms with Gasteiger partial charge in [0.1, 0.15) is 0 Å². The highest BCUT2D eigenvalue weighted by Crippen LogP contribution is 2.10. The van der Waals surface area contributed by atoms with Crippen LogP contribution < -0.4 is 0 Å². The van der Waals surface area contributed by atoms with Crippen LogP contribution in [-0.4, -0.2) is 35.7 Å². The van der Waals surface area contributed by atoms with Crippen LogP contribution in [0.5, 0.6) is 0 Å². The monoisotopic (exact) mass is 213 g/mol. The topological polar surface area (TPSA) is 23.5 Å². The van der Waals surface area contributed by atoms with Crippen LogP contribution in [0.3, 0.4) is 0 Å². The SMILES string of the molecule is CC(O)C(C)N(C)CCc1cccs1. The van der Waals surface area contributed by atoms with Crippen LogP contribution in [0.2, 0.25) is 0 Å². The number of likely N-dealkylation sites (N-methyl/N-ethyl adjacent to an activating group) is 1. The lowest BCUT2D eigenvalue weighted by atomic mass is 10.2. The summed E-state index contributed by atoms with van der Waals surface area (Å²) in [7, 11) is 2.06. The molecule has 80 valence electrons. The van der Waals surface area contributed by atoms with Crippen LogP contribution in [0.25, 0.3) is 0 Å². The summed E-state index contributed by atoms with van der Waals surface area (Å²) in [6.45, 7) is 4.90. The summed E-state index contributed by atoms with van der Waals surface area (Å²) in [6.07, 6.45) is 0.814. The van der Waals surface area contributed by atoms with Crippen LogP contribution in [0.4, 0.5) is 0 Å². The van der Waals surface area contributed by atoms with Gasteiger partial charge in [-0.15, -0.1) is 11.3 Å². The van der Waals surface area contributed by atoms with Gasteiger partial charge in [0.2, 0.25) is 0 Å². The molecule has 0 spiro atoms. The molecule has 1 aromatic heterocycles. The van der Waals surface area contributed by atoms with Gasteiger partial charge >= 0.3 is 0 Å². The summed E-state index contributed by atoms with van der Waals surface area (Å²) in [4.78, 5) is 3.61. The fourth-order valence-electron chi connectivity index (χ4n) is 1.31. The Morgan fingerprint density at radius 2 is 2.21 bits per heavy atom. The molecular formula is C11H19NOS. The van der Waals surface area contributed by atoms with E-state index in [1.165, 1.54) is 4.88 Å². The predicted octanol–water partition coefficient (Wildman–Crippen LogP) is 1.99. The Bertz CT molecular complexity index is 246. The highest BCUT2D eigenvalue weighted by molar-refractivity contribution is 7.09. The summed E-state index contributed by atoms with van der Waals surface area (Å²) < 4.78 is 0. The fourth-order valence-corrected chi connectivity index (χ4v) is 2.01. The van der Waals surface area contributed by atoms with Crippen LogP contribution >= 0.6 is 11.3 Å². The summed E-state index contributed by atoms with van der Waals surface area (Å²) in [5.41, 5.74) is 0. The molecule has 0 bridgehead atoms. The van der Waals surface area contributed by atoms with E-state index in [0.29, 0.717) is 0 Å². The van der Waals surface area contributed by atoms with Crippen LogP contribution in [0.15, 0.2) is 17.5 Å². The van der Waals surface area contributed by atoms with Gasteiger partial charge in [-0.25, -0.2) is 0 Å². The minimum Gasteiger partial charge on any atom is -0.392 e. The molecule has 2 unspecified atom stereocenters. The third-order valence-corrected chi connectivity index (χ3v) is 3.62. The molecule has 1 rings (SSSR count). The van der Waals surface area contributed by atoms with E-state index in [-0.39, 0.29) is 12.1 Å². The molecule has 1 N–H and O–H groups in total. The molecule has 14 heavy (non-hydrogen) atoms. The standard InChI is InChI=1S/C11H19NOS/c1-9(10(2)13)12(3)7-6-11-5-4-8-14-11/h4-5,8-10,13H,6-7H2,1-3H3. The van der Waals surface area contributed by atoms with E-state index in [0.717, 1.165) is 13.0 Å². The smallest absolute Gasteiger partial charge is 0.0664 e. The third kappa shape index (κ3) is 3.40. The first kappa shape index (κ1) is 11.7. The lowest BCUT2D eigenvalue weighted by Gasteiger charge is -2.26. The molecule has 0 amide bonds. The zero-order chi connectivity index (χ0) is 10.6. The number of hydrogen-bond donors (Lipinski definition) is 1. The van der Waals surface area contributed by atoms with E-state index in [4.69, 9.17) is 0 Å². The van der Waals surface area contributed by atoms with E-state index >= 15 is 0 Å². The number of rotatable bonds is 5. The molecule has 2 nitrogen and oxygen atoms in total. The predicted molar refractivity (Wildman–Crippen MR) is 61.8 cm³/mol. The molecule has 0 aliphatic carbocycles. The summed E-state index contributed by atoms with van der Waals surface area (Å²) in [5, 5.41) is 11.5. The Morgan fingerprint density at radius 1 is 1.50 bits per heavy atom. The number of hydrogen-bond acceptors (Lipinski definition) is 3. The first-order chi connectivity index (χ1) is 6.61. The quantitative estimate of drug-likeness (QED) is 0.808. The maximum Gasteiger partial charge on any atom is 0.0664 e. The van der Waals surface area contributed by atoms with E-state index < -0.39 is 0 Å². The third-order valence-electron chi connectivity index (χ3n) is 2.68. The maximum absolute atomic E-state index is 9.41. The van der Waals surface area contributed by atoms with Crippen molar-refractivity contribution >= 4 is 11.3 Å². The second kappa shape index (κ2) is 5.49. The second-order valence-electron chi connectivity index (χ2n) is 3.79. The zero-order valence-electron chi connectivity index (χ0n) is 9.10. The number of nitrogens with zero attached hydrogens (tertiary/aromatic N) is 1. The number of aliphatic hydroxyl groups excluding tert-OH is 1. The van der Waals surface area contributed by atoms with Gasteiger partial charge < -0.3 is 10.0 Å². The van der Waals surface area contributed by atoms with E-state index in [1.807, 2.05) is 6.92 Å². The van der Waals surface area contributed by atoms with Crippen molar-refractivity contribution in [3.05, 3.63) is 22.4 Å².